The molecule has 67 heavy (non-hydrogen) atoms. The summed E-state index contributed by atoms with van der Waals surface area (Å²) in [5, 5.41) is 30.6. The highest BCUT2D eigenvalue weighted by Crippen LogP contribution is 2.46. The van der Waals surface area contributed by atoms with Crippen LogP contribution in [-0.2, 0) is 6.61 Å². The fraction of sp³-hybridized carbons (Fsp3) is 0.475. The average molecular weight is 990 g/mol. The molecule has 4 aromatic heterocycles. The Morgan fingerprint density at radius 2 is 1.18 bits per heavy atom. The van der Waals surface area contributed by atoms with E-state index in [1.807, 2.05) is 4.90 Å². The number of benzene rings is 2. The Bertz CT molecular complexity index is 2770. The third kappa shape index (κ3) is 8.79. The van der Waals surface area contributed by atoms with Crippen LogP contribution in [0.4, 0.5) is 51.5 Å². The molecule has 4 unspecified atom stereocenters. The Kier molecular flexibility index (Phi) is 11.3. The number of nitrogens with zero attached hydrogens (tertiary/aromatic N) is 7. The largest absolute Gasteiger partial charge is 0.573 e. The Balaban J connectivity index is 0.000000162. The highest BCUT2D eigenvalue weighted by atomic mass is 32.1. The second-order valence-corrected chi connectivity index (χ2v) is 18.6. The van der Waals surface area contributed by atoms with Crippen molar-refractivity contribution in [1.82, 2.24) is 35.5 Å². The van der Waals surface area contributed by atoms with E-state index in [-0.39, 0.29) is 51.9 Å². The highest BCUT2D eigenvalue weighted by molar-refractivity contribution is 7.13. The van der Waals surface area contributed by atoms with Crippen molar-refractivity contribution in [3.8, 4) is 32.6 Å². The number of hydrogen-bond acceptors (Lipinski definition) is 17. The van der Waals surface area contributed by atoms with E-state index in [0.717, 1.165) is 43.1 Å². The lowest BCUT2D eigenvalue weighted by Gasteiger charge is -2.46. The van der Waals surface area contributed by atoms with E-state index in [9.17, 15) is 54.5 Å². The molecule has 0 radical (unpaired) electrons. The molecule has 0 spiro atoms. The SMILES string of the molecule is O=C(c1cc(-c2nccs2)c2oc(N3CC4CCC(C3)N4)nc2c1OC(F)(F)F)N1CC(O)(C(F)(F)F)C1.OCc1cc(-c2nccs2)c2oc(N3CC4CCC(C3)N4)nc2c1OC(F)(F)F. The van der Waals surface area contributed by atoms with Crippen molar-refractivity contribution >= 4 is 62.8 Å². The number of carbonyl (C=O) groups excluding carboxylic acids is 1. The molecule has 5 aliphatic rings. The van der Waals surface area contributed by atoms with Crippen molar-refractivity contribution < 1.29 is 72.8 Å². The Morgan fingerprint density at radius 3 is 1.60 bits per heavy atom. The van der Waals surface area contributed by atoms with Gasteiger partial charge in [0.2, 0.25) is 0 Å². The van der Waals surface area contributed by atoms with Crippen LogP contribution in [0, 0.1) is 0 Å². The monoisotopic (exact) mass is 989 g/mol. The molecule has 0 saturated carbocycles. The maximum absolute atomic E-state index is 13.5. The summed E-state index contributed by atoms with van der Waals surface area (Å²) < 4.78 is 139. The first-order valence-corrected chi connectivity index (χ1v) is 22.4. The molecule has 4 bridgehead atoms. The molecule has 5 fully saturated rings. The number of likely N-dealkylation sites (tertiary alicyclic amines) is 1. The summed E-state index contributed by atoms with van der Waals surface area (Å²) in [5.74, 6) is -2.72. The number of aliphatic hydroxyl groups excluding tert-OH is 1. The summed E-state index contributed by atoms with van der Waals surface area (Å²) in [6, 6.07) is 3.67. The Hall–Kier alpha value is -5.48. The van der Waals surface area contributed by atoms with Gasteiger partial charge in [0.1, 0.15) is 10.0 Å². The van der Waals surface area contributed by atoms with Gasteiger partial charge in [0.05, 0.1) is 36.4 Å². The number of alkyl halides is 9. The number of fused-ring (bicyclic) bond motifs is 6. The number of rotatable bonds is 8. The number of oxazole rings is 2. The molecule has 0 aliphatic carbocycles. The standard InChI is InChI=1S/C22H19F6N5O4S.C18H17F3N4O3S/c23-21(24,25)20(35)8-33(9-20)18(34)13-5-12(17-29-3-4-38-17)15-14(16(13)37-22(26,27)28)31-19(36-15)32-6-10-1-2-11(7-32)30-10;19-18(20,21)28-14-9(8-26)5-12(16-22-3-4-29-16)15-13(14)24-17(27-15)25-6-10-1-2-11(7-25)23-10/h3-5,10-11,30,35H,1-2,6-9H2;3-5,10-11,23,26H,1-2,6-8H2. The number of halogens is 9. The van der Waals surface area contributed by atoms with E-state index in [1.54, 1.807) is 21.9 Å². The number of nitrogens with one attached hydrogen (secondary N) is 2. The average Bonchev–Trinajstić information content (AvgIpc) is 4.12. The molecule has 5 saturated heterocycles. The summed E-state index contributed by atoms with van der Waals surface area (Å²) >= 11 is 2.44. The van der Waals surface area contributed by atoms with E-state index >= 15 is 0 Å². The summed E-state index contributed by atoms with van der Waals surface area (Å²) in [6.07, 6.45) is -8.22. The molecule has 4 N–H and O–H groups in total. The number of hydrogen-bond donors (Lipinski definition) is 4. The van der Waals surface area contributed by atoms with Crippen molar-refractivity contribution in [3.63, 3.8) is 0 Å². The van der Waals surface area contributed by atoms with E-state index in [0.29, 0.717) is 58.7 Å². The minimum Gasteiger partial charge on any atom is -0.422 e. The maximum atomic E-state index is 13.5. The Labute approximate surface area is 379 Å². The number of aliphatic hydroxyl groups is 2. The third-order valence-corrected chi connectivity index (χ3v) is 13.8. The first-order chi connectivity index (χ1) is 31.7. The fourth-order valence-corrected chi connectivity index (χ4v) is 10.5. The van der Waals surface area contributed by atoms with Crippen LogP contribution in [0.2, 0.25) is 0 Å². The number of piperazine rings is 2. The highest BCUT2D eigenvalue weighted by Gasteiger charge is 2.62. The fourth-order valence-electron chi connectivity index (χ4n) is 9.16. The van der Waals surface area contributed by atoms with Gasteiger partial charge < -0.3 is 53.9 Å². The lowest BCUT2D eigenvalue weighted by atomic mass is 9.92. The van der Waals surface area contributed by atoms with E-state index in [2.05, 4.69) is 40.0 Å². The van der Waals surface area contributed by atoms with Crippen molar-refractivity contribution in [3.05, 3.63) is 46.4 Å². The van der Waals surface area contributed by atoms with Gasteiger partial charge in [-0.1, -0.05) is 0 Å². The molecule has 9 heterocycles. The lowest BCUT2D eigenvalue weighted by molar-refractivity contribution is -0.294. The van der Waals surface area contributed by atoms with Crippen molar-refractivity contribution in [2.24, 2.45) is 0 Å². The molecule has 358 valence electrons. The Morgan fingerprint density at radius 1 is 0.731 bits per heavy atom. The minimum atomic E-state index is -5.25. The summed E-state index contributed by atoms with van der Waals surface area (Å²) in [5.41, 5.74) is -3.67. The summed E-state index contributed by atoms with van der Waals surface area (Å²) in [4.78, 5) is 34.6. The van der Waals surface area contributed by atoms with Gasteiger partial charge in [0, 0.05) is 79.1 Å². The molecular weight excluding hydrogens is 954 g/mol. The van der Waals surface area contributed by atoms with Gasteiger partial charge in [-0.25, -0.2) is 9.97 Å². The van der Waals surface area contributed by atoms with E-state index < -0.39 is 72.7 Å². The van der Waals surface area contributed by atoms with Crippen LogP contribution in [0.5, 0.6) is 11.5 Å². The summed E-state index contributed by atoms with van der Waals surface area (Å²) in [6.45, 7) is -0.587. The smallest absolute Gasteiger partial charge is 0.422 e. The van der Waals surface area contributed by atoms with Gasteiger partial charge in [0.25, 0.3) is 17.9 Å². The number of β-amino-alcohol motifs (C(OH)–C–C–N with tert-alkyl or cyclic N) is 1. The second-order valence-electron chi connectivity index (χ2n) is 16.8. The van der Waals surface area contributed by atoms with Crippen LogP contribution in [0.3, 0.4) is 0 Å². The van der Waals surface area contributed by atoms with Gasteiger partial charge in [-0.3, -0.25) is 4.79 Å². The topological polar surface area (TPSA) is 188 Å². The quantitative estimate of drug-likeness (QED) is 0.116. The number of thiazole rings is 2. The number of carbonyl (C=O) groups is 1. The van der Waals surface area contributed by atoms with Crippen LogP contribution >= 0.6 is 22.7 Å². The molecule has 5 aliphatic heterocycles. The minimum absolute atomic E-state index is 0.0275. The normalized spacial score (nSPS) is 22.6. The first-order valence-electron chi connectivity index (χ1n) is 20.7. The van der Waals surface area contributed by atoms with Gasteiger partial charge >= 0.3 is 18.9 Å². The van der Waals surface area contributed by atoms with Crippen molar-refractivity contribution in [2.75, 3.05) is 49.1 Å². The molecule has 6 aromatic rings. The predicted molar refractivity (Wildman–Crippen MR) is 221 cm³/mol. The second kappa shape index (κ2) is 16.6. The number of aromatic nitrogens is 4. The van der Waals surface area contributed by atoms with Crippen LogP contribution in [0.1, 0.15) is 41.6 Å². The number of amides is 1. The predicted octanol–water partition coefficient (Wildman–Crippen LogP) is 6.82. The van der Waals surface area contributed by atoms with E-state index in [4.69, 9.17) is 8.83 Å². The molecule has 27 heteroatoms. The number of anilines is 2. The van der Waals surface area contributed by atoms with Crippen LogP contribution in [-0.4, -0.2) is 129 Å². The molecular formula is C40H36F9N9O7S2. The molecule has 4 atom stereocenters. The molecule has 11 rings (SSSR count). The lowest BCUT2D eigenvalue weighted by Crippen LogP contribution is -2.70. The zero-order valence-corrected chi connectivity index (χ0v) is 36.0. The molecule has 1 amide bonds. The third-order valence-electron chi connectivity index (χ3n) is 12.2. The first kappa shape index (κ1) is 45.3. The van der Waals surface area contributed by atoms with Crippen molar-refractivity contribution in [1.29, 1.82) is 0 Å². The van der Waals surface area contributed by atoms with Crippen LogP contribution < -0.4 is 29.9 Å². The maximum Gasteiger partial charge on any atom is 0.573 e. The summed E-state index contributed by atoms with van der Waals surface area (Å²) in [7, 11) is 0. The zero-order chi connectivity index (χ0) is 47.2. The number of ether oxygens (including phenoxy) is 2. The van der Waals surface area contributed by atoms with E-state index in [1.165, 1.54) is 23.6 Å². The van der Waals surface area contributed by atoms with Gasteiger partial charge in [-0.15, -0.1) is 49.0 Å². The molecule has 2 aromatic carbocycles. The molecule has 16 nitrogen and oxygen atoms in total. The van der Waals surface area contributed by atoms with Crippen molar-refractivity contribution in [2.45, 2.75) is 81.0 Å². The zero-order valence-electron chi connectivity index (χ0n) is 34.3. The van der Waals surface area contributed by atoms with Gasteiger partial charge in [0.15, 0.2) is 39.3 Å². The van der Waals surface area contributed by atoms with Crippen LogP contribution in [0.15, 0.2) is 44.1 Å². The van der Waals surface area contributed by atoms with Gasteiger partial charge in [-0.2, -0.15) is 23.1 Å². The van der Waals surface area contributed by atoms with Gasteiger partial charge in [-0.05, 0) is 37.8 Å². The van der Waals surface area contributed by atoms with Crippen LogP contribution in [0.25, 0.3) is 43.3 Å².